The fraction of sp³-hybridized carbons (Fsp3) is 0. The van der Waals surface area contributed by atoms with E-state index >= 15 is 0 Å². The Morgan fingerprint density at radius 3 is 2.65 bits per heavy atom. The molecule has 0 spiro atoms. The number of thiazole rings is 1. The lowest BCUT2D eigenvalue weighted by molar-refractivity contribution is 0.0696. The second kappa shape index (κ2) is 5.35. The number of rotatable bonds is 4. The minimum Gasteiger partial charge on any atom is -0.478 e. The van der Waals surface area contributed by atoms with Crippen molar-refractivity contribution in [3.63, 3.8) is 0 Å². The highest BCUT2D eigenvalue weighted by Crippen LogP contribution is 2.26. The van der Waals surface area contributed by atoms with Crippen LogP contribution < -0.4 is 4.72 Å². The van der Waals surface area contributed by atoms with Crippen molar-refractivity contribution >= 4 is 44.1 Å². The number of hydrogen-bond donors (Lipinski definition) is 2. The number of carboxylic acid groups (broad SMARTS) is 1. The first-order valence-corrected chi connectivity index (χ1v) is 7.64. The van der Waals surface area contributed by atoms with E-state index in [9.17, 15) is 17.6 Å². The fourth-order valence-electron chi connectivity index (χ4n) is 1.32. The summed E-state index contributed by atoms with van der Waals surface area (Å²) in [6.07, 6.45) is 1.24. The molecular formula is C10H6ClFN2O4S2. The highest BCUT2D eigenvalue weighted by molar-refractivity contribution is 7.93. The van der Waals surface area contributed by atoms with Crippen molar-refractivity contribution in [3.8, 4) is 0 Å². The molecule has 0 aliphatic carbocycles. The first kappa shape index (κ1) is 14.7. The number of halogens is 2. The van der Waals surface area contributed by atoms with Crippen LogP contribution >= 0.6 is 22.9 Å². The van der Waals surface area contributed by atoms with Gasteiger partial charge in [0, 0.05) is 0 Å². The van der Waals surface area contributed by atoms with E-state index in [2.05, 4.69) is 9.71 Å². The molecule has 2 rings (SSSR count). The lowest BCUT2D eigenvalue weighted by atomic mass is 10.2. The topological polar surface area (TPSA) is 96.4 Å². The van der Waals surface area contributed by atoms with E-state index in [0.717, 1.165) is 23.5 Å². The summed E-state index contributed by atoms with van der Waals surface area (Å²) in [5.41, 5.74) is -0.348. The first-order chi connectivity index (χ1) is 9.29. The minimum absolute atomic E-state index is 0.0169. The zero-order valence-corrected chi connectivity index (χ0v) is 11.9. The van der Waals surface area contributed by atoms with Crippen LogP contribution in [-0.4, -0.2) is 24.5 Å². The van der Waals surface area contributed by atoms with Gasteiger partial charge in [0.05, 0.1) is 11.8 Å². The summed E-state index contributed by atoms with van der Waals surface area (Å²) in [7, 11) is -4.20. The van der Waals surface area contributed by atoms with Crippen LogP contribution in [0.1, 0.15) is 10.4 Å². The number of carboxylic acids is 1. The summed E-state index contributed by atoms with van der Waals surface area (Å²) in [5.74, 6) is -2.52. The van der Waals surface area contributed by atoms with Crippen LogP contribution in [0.4, 0.5) is 9.52 Å². The van der Waals surface area contributed by atoms with E-state index in [0.29, 0.717) is 6.07 Å². The van der Waals surface area contributed by atoms with Gasteiger partial charge < -0.3 is 5.11 Å². The molecule has 0 saturated carbocycles. The molecule has 0 atom stereocenters. The van der Waals surface area contributed by atoms with Crippen molar-refractivity contribution in [1.82, 2.24) is 4.98 Å². The van der Waals surface area contributed by atoms with Crippen LogP contribution in [0.25, 0.3) is 0 Å². The maximum atomic E-state index is 13.7. The van der Waals surface area contributed by atoms with E-state index < -0.39 is 26.7 Å². The van der Waals surface area contributed by atoms with Gasteiger partial charge in [0.1, 0.15) is 15.0 Å². The normalized spacial score (nSPS) is 11.3. The molecule has 106 valence electrons. The quantitative estimate of drug-likeness (QED) is 0.893. The number of anilines is 1. The fourth-order valence-corrected chi connectivity index (χ4v) is 3.44. The number of nitrogens with zero attached hydrogens (tertiary/aromatic N) is 1. The van der Waals surface area contributed by atoms with Crippen LogP contribution in [0.2, 0.25) is 4.34 Å². The molecule has 1 aromatic heterocycles. The smallest absolute Gasteiger partial charge is 0.335 e. The molecule has 0 fully saturated rings. The van der Waals surface area contributed by atoms with Crippen LogP contribution in [0.15, 0.2) is 29.3 Å². The van der Waals surface area contributed by atoms with E-state index in [1.54, 1.807) is 0 Å². The molecule has 10 heteroatoms. The molecule has 2 N–H and O–H groups in total. The van der Waals surface area contributed by atoms with Crippen molar-refractivity contribution in [3.05, 3.63) is 40.1 Å². The summed E-state index contributed by atoms with van der Waals surface area (Å²) in [6, 6.07) is 2.50. The minimum atomic E-state index is -4.20. The zero-order chi connectivity index (χ0) is 14.9. The second-order valence-corrected chi connectivity index (χ2v) is 6.84. The van der Waals surface area contributed by atoms with Crippen molar-refractivity contribution < 1.29 is 22.7 Å². The largest absolute Gasteiger partial charge is 0.478 e. The van der Waals surface area contributed by atoms with Crippen molar-refractivity contribution in [2.75, 3.05) is 4.72 Å². The molecular weight excluding hydrogens is 331 g/mol. The molecule has 1 aromatic carbocycles. The molecule has 0 unspecified atom stereocenters. The van der Waals surface area contributed by atoms with E-state index in [1.165, 1.54) is 6.20 Å². The number of sulfonamides is 1. The molecule has 20 heavy (non-hydrogen) atoms. The maximum absolute atomic E-state index is 13.7. The molecule has 6 nitrogen and oxygen atoms in total. The van der Waals surface area contributed by atoms with Gasteiger partial charge >= 0.3 is 5.97 Å². The number of hydrogen-bond acceptors (Lipinski definition) is 5. The van der Waals surface area contributed by atoms with Crippen LogP contribution in [-0.2, 0) is 10.0 Å². The summed E-state index contributed by atoms with van der Waals surface area (Å²) < 4.78 is 39.9. The van der Waals surface area contributed by atoms with Crippen molar-refractivity contribution in [1.29, 1.82) is 0 Å². The Bertz CT molecular complexity index is 775. The van der Waals surface area contributed by atoms with E-state index in [1.807, 2.05) is 0 Å². The molecule has 1 heterocycles. The van der Waals surface area contributed by atoms with E-state index in [4.69, 9.17) is 16.7 Å². The van der Waals surface area contributed by atoms with Gasteiger partial charge in [-0.2, -0.15) is 0 Å². The van der Waals surface area contributed by atoms with Gasteiger partial charge in [-0.1, -0.05) is 22.9 Å². The first-order valence-electron chi connectivity index (χ1n) is 4.96. The molecule has 0 amide bonds. The Morgan fingerprint density at radius 2 is 2.15 bits per heavy atom. The second-order valence-electron chi connectivity index (χ2n) is 3.53. The zero-order valence-electron chi connectivity index (χ0n) is 9.50. The molecule has 0 radical (unpaired) electrons. The van der Waals surface area contributed by atoms with Gasteiger partial charge in [0.15, 0.2) is 5.13 Å². The van der Waals surface area contributed by atoms with Gasteiger partial charge in [0.25, 0.3) is 10.0 Å². The average molecular weight is 337 g/mol. The Balaban J connectivity index is 2.37. The third kappa shape index (κ3) is 3.06. The van der Waals surface area contributed by atoms with Crippen LogP contribution in [0.3, 0.4) is 0 Å². The third-order valence-corrected chi connectivity index (χ3v) is 4.70. The molecule has 2 aromatic rings. The highest BCUT2D eigenvalue weighted by Gasteiger charge is 2.21. The number of aromatic nitrogens is 1. The van der Waals surface area contributed by atoms with Crippen molar-refractivity contribution in [2.45, 2.75) is 4.90 Å². The summed E-state index contributed by atoms with van der Waals surface area (Å²) in [6.45, 7) is 0. The maximum Gasteiger partial charge on any atom is 0.335 e. The molecule has 0 aliphatic heterocycles. The van der Waals surface area contributed by atoms with Gasteiger partial charge in [-0.3, -0.25) is 4.72 Å². The Labute approximate surface area is 121 Å². The standard InChI is InChI=1S/C10H6ClFN2O4S2/c11-8-4-13-10(19-8)14-20(17,18)7-2-1-5(9(15)16)3-6(7)12/h1-4H,(H,13,14)(H,15,16). The monoisotopic (exact) mass is 336 g/mol. The van der Waals surface area contributed by atoms with Crippen LogP contribution in [0.5, 0.6) is 0 Å². The predicted octanol–water partition coefficient (Wildman–Crippen LogP) is 2.43. The Kier molecular flexibility index (Phi) is 3.93. The predicted molar refractivity (Wildman–Crippen MR) is 71.3 cm³/mol. The average Bonchev–Trinajstić information content (AvgIpc) is 2.73. The van der Waals surface area contributed by atoms with Gasteiger partial charge in [-0.25, -0.2) is 22.6 Å². The number of aromatic carboxylic acids is 1. The van der Waals surface area contributed by atoms with Crippen molar-refractivity contribution in [2.24, 2.45) is 0 Å². The highest BCUT2D eigenvalue weighted by atomic mass is 35.5. The van der Waals surface area contributed by atoms with Gasteiger partial charge in [0.2, 0.25) is 0 Å². The molecule has 0 saturated heterocycles. The molecule has 0 bridgehead atoms. The van der Waals surface area contributed by atoms with Gasteiger partial charge in [-0.05, 0) is 18.2 Å². The summed E-state index contributed by atoms with van der Waals surface area (Å²) in [5, 5.41) is 8.67. The number of carbonyl (C=O) groups is 1. The van der Waals surface area contributed by atoms with E-state index in [-0.39, 0.29) is 15.0 Å². The van der Waals surface area contributed by atoms with Crippen LogP contribution in [0, 0.1) is 5.82 Å². The van der Waals surface area contributed by atoms with Gasteiger partial charge in [-0.15, -0.1) is 0 Å². The molecule has 0 aliphatic rings. The Hall–Kier alpha value is -1.71. The SMILES string of the molecule is O=C(O)c1ccc(S(=O)(=O)Nc2ncc(Cl)s2)c(F)c1. The Morgan fingerprint density at radius 1 is 1.45 bits per heavy atom. The lowest BCUT2D eigenvalue weighted by Gasteiger charge is -2.06. The third-order valence-electron chi connectivity index (χ3n) is 2.17. The lowest BCUT2D eigenvalue weighted by Crippen LogP contribution is -2.15. The number of nitrogens with one attached hydrogen (secondary N) is 1. The summed E-state index contributed by atoms with van der Waals surface area (Å²) >= 11 is 6.47. The summed E-state index contributed by atoms with van der Waals surface area (Å²) in [4.78, 5) is 13.7. The number of benzene rings is 1.